The van der Waals surface area contributed by atoms with Crippen LogP contribution in [0.2, 0.25) is 0 Å². The number of nitrogens with one attached hydrogen (secondary N) is 1. The predicted molar refractivity (Wildman–Crippen MR) is 124 cm³/mol. The Balaban J connectivity index is 1.45. The second-order valence-electron chi connectivity index (χ2n) is 7.74. The lowest BCUT2D eigenvalue weighted by molar-refractivity contribution is -0.141. The third-order valence-corrected chi connectivity index (χ3v) is 5.24. The zero-order valence-electron chi connectivity index (χ0n) is 18.5. The van der Waals surface area contributed by atoms with E-state index in [0.29, 0.717) is 11.3 Å². The average molecular weight is 444 g/mol. The van der Waals surface area contributed by atoms with E-state index >= 15 is 0 Å². The summed E-state index contributed by atoms with van der Waals surface area (Å²) >= 11 is 0. The van der Waals surface area contributed by atoms with Crippen LogP contribution in [0.1, 0.15) is 39.6 Å². The molecule has 0 spiro atoms. The smallest absolute Gasteiger partial charge is 0.307 e. The fourth-order valence-corrected chi connectivity index (χ4v) is 3.54. The summed E-state index contributed by atoms with van der Waals surface area (Å²) in [5.74, 6) is -0.148. The van der Waals surface area contributed by atoms with Gasteiger partial charge in [0.05, 0.1) is 25.3 Å². The van der Waals surface area contributed by atoms with E-state index in [1.165, 1.54) is 7.11 Å². The Morgan fingerprint density at radius 1 is 1.03 bits per heavy atom. The number of rotatable bonds is 8. The number of aromatic nitrogens is 2. The molecule has 0 saturated heterocycles. The summed E-state index contributed by atoms with van der Waals surface area (Å²) < 4.78 is 12.6. The lowest BCUT2D eigenvalue weighted by Crippen LogP contribution is -2.30. The molecular formula is C26H25N3O4. The number of hydrogen-bond donors (Lipinski definition) is 1. The number of benzene rings is 2. The molecule has 1 unspecified atom stereocenters. The SMILES string of the molecule is COC(=O)CC(NC(=O)c1cccc(OCc2cn3cc(C)ccc3n2)c1)c1ccccc1. The second-order valence-corrected chi connectivity index (χ2v) is 7.74. The maximum Gasteiger partial charge on any atom is 0.307 e. The van der Waals surface area contributed by atoms with Crippen LogP contribution in [-0.2, 0) is 16.1 Å². The molecule has 33 heavy (non-hydrogen) atoms. The van der Waals surface area contributed by atoms with E-state index in [-0.39, 0.29) is 18.9 Å². The van der Waals surface area contributed by atoms with Crippen LogP contribution in [0, 0.1) is 6.92 Å². The van der Waals surface area contributed by atoms with E-state index in [1.54, 1.807) is 24.3 Å². The van der Waals surface area contributed by atoms with Gasteiger partial charge >= 0.3 is 5.97 Å². The Morgan fingerprint density at radius 3 is 2.64 bits per heavy atom. The Bertz CT molecular complexity index is 1270. The lowest BCUT2D eigenvalue weighted by Gasteiger charge is -2.18. The highest BCUT2D eigenvalue weighted by Crippen LogP contribution is 2.20. The predicted octanol–water partition coefficient (Wildman–Crippen LogP) is 4.26. The zero-order chi connectivity index (χ0) is 23.2. The quantitative estimate of drug-likeness (QED) is 0.412. The van der Waals surface area contributed by atoms with Crippen molar-refractivity contribution in [2.75, 3.05) is 7.11 Å². The molecule has 4 aromatic rings. The van der Waals surface area contributed by atoms with Crippen molar-refractivity contribution in [3.8, 4) is 5.75 Å². The number of esters is 1. The normalized spacial score (nSPS) is 11.7. The number of pyridine rings is 1. The summed E-state index contributed by atoms with van der Waals surface area (Å²) in [7, 11) is 1.33. The van der Waals surface area contributed by atoms with Crippen molar-refractivity contribution in [3.05, 3.63) is 102 Å². The molecule has 0 saturated carbocycles. The van der Waals surface area contributed by atoms with E-state index in [0.717, 1.165) is 22.5 Å². The number of carbonyl (C=O) groups is 2. The minimum atomic E-state index is -0.503. The second kappa shape index (κ2) is 9.99. The number of aryl methyl sites for hydroxylation is 1. The van der Waals surface area contributed by atoms with Crippen molar-refractivity contribution in [2.45, 2.75) is 26.0 Å². The van der Waals surface area contributed by atoms with Crippen LogP contribution in [0.25, 0.3) is 5.65 Å². The number of methoxy groups -OCH3 is 1. The van der Waals surface area contributed by atoms with Gasteiger partial charge in [0.2, 0.25) is 0 Å². The molecule has 1 amide bonds. The number of hydrogen-bond acceptors (Lipinski definition) is 5. The van der Waals surface area contributed by atoms with Gasteiger partial charge in [0.1, 0.15) is 18.0 Å². The molecule has 0 radical (unpaired) electrons. The standard InChI is InChI=1S/C26H25N3O4/c1-18-11-12-24-27-21(16-29(24)15-18)17-33-22-10-6-9-20(13-22)26(31)28-23(14-25(30)32-2)19-7-4-3-5-8-19/h3-13,15-16,23H,14,17H2,1-2H3,(H,28,31). The number of fused-ring (bicyclic) bond motifs is 1. The van der Waals surface area contributed by atoms with Gasteiger partial charge in [0.25, 0.3) is 5.91 Å². The van der Waals surface area contributed by atoms with Crippen LogP contribution >= 0.6 is 0 Å². The Hall–Kier alpha value is -4.13. The first-order valence-corrected chi connectivity index (χ1v) is 10.6. The first kappa shape index (κ1) is 22.1. The molecule has 4 rings (SSSR count). The van der Waals surface area contributed by atoms with Gasteiger partial charge in [0, 0.05) is 18.0 Å². The lowest BCUT2D eigenvalue weighted by atomic mass is 10.0. The third kappa shape index (κ3) is 5.57. The van der Waals surface area contributed by atoms with Crippen LogP contribution < -0.4 is 10.1 Å². The van der Waals surface area contributed by atoms with Crippen molar-refractivity contribution >= 4 is 17.5 Å². The first-order valence-electron chi connectivity index (χ1n) is 10.6. The van der Waals surface area contributed by atoms with Gasteiger partial charge < -0.3 is 19.2 Å². The minimum absolute atomic E-state index is 0.0375. The third-order valence-electron chi connectivity index (χ3n) is 5.24. The van der Waals surface area contributed by atoms with E-state index in [9.17, 15) is 9.59 Å². The molecule has 0 bridgehead atoms. The highest BCUT2D eigenvalue weighted by molar-refractivity contribution is 5.95. The largest absolute Gasteiger partial charge is 0.487 e. The number of nitrogens with zero attached hydrogens (tertiary/aromatic N) is 2. The minimum Gasteiger partial charge on any atom is -0.487 e. The number of ether oxygens (including phenoxy) is 2. The van der Waals surface area contributed by atoms with E-state index in [1.807, 2.05) is 66.2 Å². The van der Waals surface area contributed by atoms with Gasteiger partial charge in [-0.2, -0.15) is 0 Å². The van der Waals surface area contributed by atoms with E-state index in [2.05, 4.69) is 10.3 Å². The molecule has 0 aliphatic carbocycles. The molecule has 0 fully saturated rings. The Labute approximate surface area is 192 Å². The summed E-state index contributed by atoms with van der Waals surface area (Å²) in [4.78, 5) is 29.4. The van der Waals surface area contributed by atoms with Gasteiger partial charge in [-0.15, -0.1) is 0 Å². The van der Waals surface area contributed by atoms with E-state index < -0.39 is 12.0 Å². The topological polar surface area (TPSA) is 81.9 Å². The zero-order valence-corrected chi connectivity index (χ0v) is 18.5. The fourth-order valence-electron chi connectivity index (χ4n) is 3.54. The van der Waals surface area contributed by atoms with Gasteiger partial charge in [-0.05, 0) is 42.3 Å². The van der Waals surface area contributed by atoms with Crippen molar-refractivity contribution in [1.29, 1.82) is 0 Å². The first-order chi connectivity index (χ1) is 16.0. The molecule has 1 N–H and O–H groups in total. The van der Waals surface area contributed by atoms with Crippen LogP contribution in [0.5, 0.6) is 5.75 Å². The summed E-state index contributed by atoms with van der Waals surface area (Å²) in [6.07, 6.45) is 3.97. The van der Waals surface area contributed by atoms with Gasteiger partial charge in [-0.1, -0.05) is 42.5 Å². The van der Waals surface area contributed by atoms with Gasteiger partial charge in [-0.25, -0.2) is 4.98 Å². The van der Waals surface area contributed by atoms with Crippen molar-refractivity contribution in [3.63, 3.8) is 0 Å². The van der Waals surface area contributed by atoms with Crippen LogP contribution in [0.15, 0.2) is 79.1 Å². The van der Waals surface area contributed by atoms with Crippen LogP contribution in [-0.4, -0.2) is 28.4 Å². The van der Waals surface area contributed by atoms with Gasteiger partial charge in [0.15, 0.2) is 0 Å². The van der Waals surface area contributed by atoms with Crippen molar-refractivity contribution in [1.82, 2.24) is 14.7 Å². The van der Waals surface area contributed by atoms with Crippen LogP contribution in [0.4, 0.5) is 0 Å². The maximum absolute atomic E-state index is 12.9. The molecule has 2 heterocycles. The molecule has 7 nitrogen and oxygen atoms in total. The van der Waals surface area contributed by atoms with Crippen LogP contribution in [0.3, 0.4) is 0 Å². The van der Waals surface area contributed by atoms with Crippen molar-refractivity contribution < 1.29 is 19.1 Å². The number of imidazole rings is 1. The monoisotopic (exact) mass is 443 g/mol. The van der Waals surface area contributed by atoms with Gasteiger partial charge in [-0.3, -0.25) is 9.59 Å². The molecule has 168 valence electrons. The molecule has 0 aliphatic heterocycles. The highest BCUT2D eigenvalue weighted by Gasteiger charge is 2.20. The molecule has 2 aromatic carbocycles. The summed E-state index contributed by atoms with van der Waals surface area (Å²) in [6, 6.07) is 19.7. The maximum atomic E-state index is 12.9. The Morgan fingerprint density at radius 2 is 1.85 bits per heavy atom. The Kier molecular flexibility index (Phi) is 6.69. The molecule has 7 heteroatoms. The van der Waals surface area contributed by atoms with Crippen molar-refractivity contribution in [2.24, 2.45) is 0 Å². The summed E-state index contributed by atoms with van der Waals surface area (Å²) in [6.45, 7) is 2.31. The van der Waals surface area contributed by atoms with E-state index in [4.69, 9.17) is 9.47 Å². The molecule has 1 atom stereocenters. The summed E-state index contributed by atoms with van der Waals surface area (Å²) in [5.41, 5.74) is 4.05. The summed E-state index contributed by atoms with van der Waals surface area (Å²) in [5, 5.41) is 2.93. The molecular weight excluding hydrogens is 418 g/mol. The highest BCUT2D eigenvalue weighted by atomic mass is 16.5. The molecule has 0 aliphatic rings. The fraction of sp³-hybridized carbons (Fsp3) is 0.192. The number of carbonyl (C=O) groups excluding carboxylic acids is 2. The number of amides is 1. The average Bonchev–Trinajstić information content (AvgIpc) is 3.25. The molecule has 2 aromatic heterocycles.